The Hall–Kier alpha value is -1.33. The first-order valence-electron chi connectivity index (χ1n) is 6.39. The Bertz CT molecular complexity index is 618. The SMILES string of the molecule is CC(N)(Cc1ccc(C(F)(F)F)cc1)c1cccc(Br)c1. The maximum Gasteiger partial charge on any atom is 0.416 e. The molecule has 5 heteroatoms. The highest BCUT2D eigenvalue weighted by molar-refractivity contribution is 9.10. The second-order valence-corrected chi connectivity index (χ2v) is 6.21. The summed E-state index contributed by atoms with van der Waals surface area (Å²) >= 11 is 3.39. The average molecular weight is 358 g/mol. The fourth-order valence-electron chi connectivity index (χ4n) is 2.18. The summed E-state index contributed by atoms with van der Waals surface area (Å²) in [5.74, 6) is 0. The maximum atomic E-state index is 12.5. The van der Waals surface area contributed by atoms with Crippen molar-refractivity contribution in [2.75, 3.05) is 0 Å². The molecule has 0 saturated heterocycles. The topological polar surface area (TPSA) is 26.0 Å². The predicted molar refractivity (Wildman–Crippen MR) is 80.8 cm³/mol. The highest BCUT2D eigenvalue weighted by Crippen LogP contribution is 2.30. The van der Waals surface area contributed by atoms with Crippen LogP contribution in [-0.2, 0) is 18.1 Å². The Morgan fingerprint density at radius 2 is 1.62 bits per heavy atom. The van der Waals surface area contributed by atoms with Gasteiger partial charge in [0.15, 0.2) is 0 Å². The molecule has 0 bridgehead atoms. The summed E-state index contributed by atoms with van der Waals surface area (Å²) in [6, 6.07) is 12.8. The Morgan fingerprint density at radius 1 is 1.00 bits per heavy atom. The largest absolute Gasteiger partial charge is 0.416 e. The van der Waals surface area contributed by atoms with E-state index in [2.05, 4.69) is 15.9 Å². The predicted octanol–water partition coefficient (Wildman–Crippen LogP) is 4.88. The highest BCUT2D eigenvalue weighted by atomic mass is 79.9. The minimum Gasteiger partial charge on any atom is -0.321 e. The molecule has 0 aliphatic rings. The van der Waals surface area contributed by atoms with E-state index in [0.29, 0.717) is 6.42 Å². The van der Waals surface area contributed by atoms with E-state index in [0.717, 1.165) is 27.7 Å². The van der Waals surface area contributed by atoms with Gasteiger partial charge in [-0.2, -0.15) is 13.2 Å². The van der Waals surface area contributed by atoms with Gasteiger partial charge in [-0.1, -0.05) is 40.2 Å². The molecule has 0 saturated carbocycles. The monoisotopic (exact) mass is 357 g/mol. The first-order chi connectivity index (χ1) is 9.68. The Kier molecular flexibility index (Phi) is 4.44. The average Bonchev–Trinajstić information content (AvgIpc) is 2.38. The van der Waals surface area contributed by atoms with E-state index in [4.69, 9.17) is 5.73 Å². The fraction of sp³-hybridized carbons (Fsp3) is 0.250. The molecule has 112 valence electrons. The number of nitrogens with two attached hydrogens (primary N) is 1. The number of hydrogen-bond donors (Lipinski definition) is 1. The number of hydrogen-bond acceptors (Lipinski definition) is 1. The molecule has 0 aromatic heterocycles. The second kappa shape index (κ2) is 5.81. The molecular weight excluding hydrogens is 343 g/mol. The third-order valence-corrected chi connectivity index (χ3v) is 3.83. The van der Waals surface area contributed by atoms with E-state index in [1.165, 1.54) is 12.1 Å². The van der Waals surface area contributed by atoms with Crippen molar-refractivity contribution in [3.05, 3.63) is 69.7 Å². The summed E-state index contributed by atoms with van der Waals surface area (Å²) < 4.78 is 38.5. The van der Waals surface area contributed by atoms with E-state index in [-0.39, 0.29) is 0 Å². The van der Waals surface area contributed by atoms with Crippen LogP contribution in [0.2, 0.25) is 0 Å². The summed E-state index contributed by atoms with van der Waals surface area (Å²) in [5.41, 5.74) is 6.72. The number of rotatable bonds is 3. The molecule has 0 fully saturated rings. The van der Waals surface area contributed by atoms with Crippen molar-refractivity contribution in [2.24, 2.45) is 5.73 Å². The summed E-state index contributed by atoms with van der Waals surface area (Å²) in [6.07, 6.45) is -3.85. The third kappa shape index (κ3) is 4.08. The van der Waals surface area contributed by atoms with Gasteiger partial charge in [0, 0.05) is 10.0 Å². The molecule has 1 atom stereocenters. The van der Waals surface area contributed by atoms with Crippen LogP contribution < -0.4 is 5.73 Å². The van der Waals surface area contributed by atoms with Gasteiger partial charge < -0.3 is 5.73 Å². The van der Waals surface area contributed by atoms with E-state index < -0.39 is 17.3 Å². The fourth-order valence-corrected chi connectivity index (χ4v) is 2.58. The van der Waals surface area contributed by atoms with Crippen molar-refractivity contribution in [3.63, 3.8) is 0 Å². The molecule has 0 aliphatic heterocycles. The quantitative estimate of drug-likeness (QED) is 0.831. The van der Waals surface area contributed by atoms with Crippen molar-refractivity contribution in [1.29, 1.82) is 0 Å². The maximum absolute atomic E-state index is 12.5. The van der Waals surface area contributed by atoms with Gasteiger partial charge in [-0.25, -0.2) is 0 Å². The normalized spacial score (nSPS) is 14.8. The van der Waals surface area contributed by atoms with Gasteiger partial charge in [-0.15, -0.1) is 0 Å². The molecule has 2 N–H and O–H groups in total. The second-order valence-electron chi connectivity index (χ2n) is 5.30. The van der Waals surface area contributed by atoms with Gasteiger partial charge >= 0.3 is 6.18 Å². The van der Waals surface area contributed by atoms with Crippen molar-refractivity contribution in [1.82, 2.24) is 0 Å². The Morgan fingerprint density at radius 3 is 2.14 bits per heavy atom. The molecular formula is C16H15BrF3N. The van der Waals surface area contributed by atoms with Gasteiger partial charge in [-0.05, 0) is 48.7 Å². The van der Waals surface area contributed by atoms with Crippen LogP contribution >= 0.6 is 15.9 Å². The van der Waals surface area contributed by atoms with Crippen molar-refractivity contribution in [2.45, 2.75) is 25.1 Å². The minimum absolute atomic E-state index is 0.460. The van der Waals surface area contributed by atoms with E-state index >= 15 is 0 Å². The van der Waals surface area contributed by atoms with Gasteiger partial charge in [0.1, 0.15) is 0 Å². The third-order valence-electron chi connectivity index (χ3n) is 3.34. The molecule has 0 aliphatic carbocycles. The molecule has 0 spiro atoms. The van der Waals surface area contributed by atoms with Gasteiger partial charge in [0.2, 0.25) is 0 Å². The zero-order valence-corrected chi connectivity index (χ0v) is 13.0. The van der Waals surface area contributed by atoms with Crippen LogP contribution in [0.15, 0.2) is 53.0 Å². The lowest BCUT2D eigenvalue weighted by Gasteiger charge is -2.26. The lowest BCUT2D eigenvalue weighted by molar-refractivity contribution is -0.137. The number of halogens is 4. The first kappa shape index (κ1) is 16.0. The Balaban J connectivity index is 2.20. The van der Waals surface area contributed by atoms with E-state index in [9.17, 15) is 13.2 Å². The minimum atomic E-state index is -4.31. The van der Waals surface area contributed by atoms with Crippen LogP contribution in [0.4, 0.5) is 13.2 Å². The zero-order valence-electron chi connectivity index (χ0n) is 11.4. The van der Waals surface area contributed by atoms with Gasteiger partial charge in [0.05, 0.1) is 5.56 Å². The van der Waals surface area contributed by atoms with Crippen molar-refractivity contribution >= 4 is 15.9 Å². The summed E-state index contributed by atoms with van der Waals surface area (Å²) in [6.45, 7) is 1.87. The molecule has 21 heavy (non-hydrogen) atoms. The molecule has 0 amide bonds. The van der Waals surface area contributed by atoms with Gasteiger partial charge in [0.25, 0.3) is 0 Å². The lowest BCUT2D eigenvalue weighted by atomic mass is 9.86. The molecule has 0 heterocycles. The molecule has 2 rings (SSSR count). The number of benzene rings is 2. The number of alkyl halides is 3. The lowest BCUT2D eigenvalue weighted by Crippen LogP contribution is -2.35. The standard InChI is InChI=1S/C16H15BrF3N/c1-15(21,13-3-2-4-14(17)9-13)10-11-5-7-12(8-6-11)16(18,19)20/h2-9H,10,21H2,1H3. The van der Waals surface area contributed by atoms with Crippen LogP contribution in [0.3, 0.4) is 0 Å². The Labute approximate surface area is 130 Å². The van der Waals surface area contributed by atoms with E-state index in [1.807, 2.05) is 31.2 Å². The zero-order chi connectivity index (χ0) is 15.7. The van der Waals surface area contributed by atoms with Crippen LogP contribution in [-0.4, -0.2) is 0 Å². The molecule has 1 unspecified atom stereocenters. The molecule has 0 radical (unpaired) electrons. The molecule has 2 aromatic carbocycles. The molecule has 2 aromatic rings. The van der Waals surface area contributed by atoms with Gasteiger partial charge in [-0.3, -0.25) is 0 Å². The summed E-state index contributed by atoms with van der Waals surface area (Å²) in [7, 11) is 0. The van der Waals surface area contributed by atoms with Crippen LogP contribution in [0.25, 0.3) is 0 Å². The summed E-state index contributed by atoms with van der Waals surface area (Å²) in [4.78, 5) is 0. The van der Waals surface area contributed by atoms with Crippen molar-refractivity contribution in [3.8, 4) is 0 Å². The highest BCUT2D eigenvalue weighted by Gasteiger charge is 2.30. The van der Waals surface area contributed by atoms with Crippen LogP contribution in [0.1, 0.15) is 23.6 Å². The smallest absolute Gasteiger partial charge is 0.321 e. The first-order valence-corrected chi connectivity index (χ1v) is 7.19. The van der Waals surface area contributed by atoms with Crippen LogP contribution in [0, 0.1) is 0 Å². The summed E-state index contributed by atoms with van der Waals surface area (Å²) in [5, 5.41) is 0. The van der Waals surface area contributed by atoms with Crippen LogP contribution in [0.5, 0.6) is 0 Å². The molecule has 1 nitrogen and oxygen atoms in total. The van der Waals surface area contributed by atoms with E-state index in [1.54, 1.807) is 0 Å². The van der Waals surface area contributed by atoms with Crippen molar-refractivity contribution < 1.29 is 13.2 Å².